The van der Waals surface area contributed by atoms with E-state index in [9.17, 15) is 19.2 Å². The molecular weight excluding hydrogens is 568 g/mol. The fraction of sp³-hybridized carbons (Fsp3) is 0.135. The lowest BCUT2D eigenvalue weighted by molar-refractivity contribution is -0.121. The summed E-state index contributed by atoms with van der Waals surface area (Å²) in [4.78, 5) is 50.6. The van der Waals surface area contributed by atoms with Crippen LogP contribution in [0.15, 0.2) is 97.1 Å². The molecule has 8 heteroatoms. The van der Waals surface area contributed by atoms with E-state index in [1.165, 1.54) is 24.3 Å². The van der Waals surface area contributed by atoms with Crippen LogP contribution < -0.4 is 19.3 Å². The summed E-state index contributed by atoms with van der Waals surface area (Å²) >= 11 is 0. The minimum Gasteiger partial charge on any atom is -0.457 e. The molecule has 0 saturated heterocycles. The highest BCUT2D eigenvalue weighted by Gasteiger charge is 2.26. The summed E-state index contributed by atoms with van der Waals surface area (Å²) in [6.07, 6.45) is 5.55. The topological polar surface area (TPSA) is 93.2 Å². The molecule has 0 spiro atoms. The molecular formula is C37H30N2O6. The van der Waals surface area contributed by atoms with Crippen molar-refractivity contribution in [2.75, 3.05) is 9.80 Å². The van der Waals surface area contributed by atoms with Crippen LogP contribution in [0.1, 0.15) is 33.4 Å². The SMILES string of the molecule is Cc1cc(C)c(Oc2ccc(N3C(=O)C=CC3=O)cc2)c(Cc2cc(C)cc(C)c2Oc2ccc(N3C(=O)C=CC3=O)cc2)c1. The normalized spacial score (nSPS) is 14.2. The molecule has 0 aromatic heterocycles. The lowest BCUT2D eigenvalue weighted by Gasteiger charge is -2.20. The number of rotatable bonds is 8. The van der Waals surface area contributed by atoms with Crippen molar-refractivity contribution in [3.63, 3.8) is 0 Å². The molecule has 4 amide bonds. The van der Waals surface area contributed by atoms with Crippen molar-refractivity contribution in [3.05, 3.63) is 130 Å². The molecule has 4 aromatic rings. The van der Waals surface area contributed by atoms with Crippen molar-refractivity contribution in [3.8, 4) is 23.0 Å². The fourth-order valence-corrected chi connectivity index (χ4v) is 5.72. The Balaban J connectivity index is 1.28. The van der Waals surface area contributed by atoms with Gasteiger partial charge in [0.15, 0.2) is 0 Å². The number of anilines is 2. The molecule has 0 aliphatic carbocycles. The van der Waals surface area contributed by atoms with Crippen LogP contribution in [0.2, 0.25) is 0 Å². The number of imide groups is 2. The van der Waals surface area contributed by atoms with E-state index in [-0.39, 0.29) is 23.6 Å². The van der Waals surface area contributed by atoms with E-state index in [0.29, 0.717) is 40.8 Å². The van der Waals surface area contributed by atoms with E-state index in [1.807, 2.05) is 27.7 Å². The van der Waals surface area contributed by atoms with Gasteiger partial charge < -0.3 is 9.47 Å². The summed E-state index contributed by atoms with van der Waals surface area (Å²) in [5, 5.41) is 0. The largest absolute Gasteiger partial charge is 0.457 e. The van der Waals surface area contributed by atoms with Crippen LogP contribution in [0, 0.1) is 27.7 Å². The van der Waals surface area contributed by atoms with E-state index < -0.39 is 0 Å². The fourth-order valence-electron chi connectivity index (χ4n) is 5.72. The monoisotopic (exact) mass is 598 g/mol. The quantitative estimate of drug-likeness (QED) is 0.204. The highest BCUT2D eigenvalue weighted by Crippen LogP contribution is 2.37. The molecule has 8 nitrogen and oxygen atoms in total. The third kappa shape index (κ3) is 5.90. The van der Waals surface area contributed by atoms with Gasteiger partial charge >= 0.3 is 0 Å². The average molecular weight is 599 g/mol. The maximum absolute atomic E-state index is 12.1. The molecule has 0 unspecified atom stereocenters. The second kappa shape index (κ2) is 11.7. The number of benzene rings is 4. The first kappa shape index (κ1) is 29.3. The average Bonchev–Trinajstić information content (AvgIpc) is 3.52. The van der Waals surface area contributed by atoms with Crippen molar-refractivity contribution in [1.82, 2.24) is 0 Å². The second-order valence-corrected chi connectivity index (χ2v) is 11.2. The first-order valence-corrected chi connectivity index (χ1v) is 14.5. The van der Waals surface area contributed by atoms with Crippen molar-refractivity contribution in [2.45, 2.75) is 34.1 Å². The van der Waals surface area contributed by atoms with Gasteiger partial charge in [-0.3, -0.25) is 19.2 Å². The number of amides is 4. The number of carbonyl (C=O) groups excluding carboxylic acids is 4. The van der Waals surface area contributed by atoms with Gasteiger partial charge in [0.05, 0.1) is 11.4 Å². The van der Waals surface area contributed by atoms with E-state index in [2.05, 4.69) is 24.3 Å². The molecule has 0 radical (unpaired) electrons. The van der Waals surface area contributed by atoms with Gasteiger partial charge in [-0.15, -0.1) is 0 Å². The van der Waals surface area contributed by atoms with E-state index in [4.69, 9.17) is 9.47 Å². The smallest absolute Gasteiger partial charge is 0.258 e. The second-order valence-electron chi connectivity index (χ2n) is 11.2. The molecule has 4 aromatic carbocycles. The maximum Gasteiger partial charge on any atom is 0.258 e. The standard InChI is InChI=1S/C37H30N2O6/c1-22-17-24(3)36(44-30-9-5-28(6-10-30)38-32(40)13-14-33(38)41)26(19-22)21-27-20-23(2)18-25(4)37(27)45-31-11-7-29(8-12-31)39-34(42)15-16-35(39)43/h5-20H,21H2,1-4H3. The van der Waals surface area contributed by atoms with Crippen molar-refractivity contribution in [1.29, 1.82) is 0 Å². The predicted molar refractivity (Wildman–Crippen MR) is 171 cm³/mol. The van der Waals surface area contributed by atoms with E-state index in [1.54, 1.807) is 48.5 Å². The molecule has 224 valence electrons. The molecule has 2 aliphatic heterocycles. The Labute approximate surface area is 260 Å². The molecule has 0 N–H and O–H groups in total. The minimum absolute atomic E-state index is 0.373. The van der Waals surface area contributed by atoms with Gasteiger partial charge in [0, 0.05) is 30.7 Å². The predicted octanol–water partition coefficient (Wildman–Crippen LogP) is 6.95. The first-order valence-electron chi connectivity index (χ1n) is 14.5. The van der Waals surface area contributed by atoms with E-state index in [0.717, 1.165) is 43.2 Å². The third-order valence-electron chi connectivity index (χ3n) is 7.62. The van der Waals surface area contributed by atoms with Gasteiger partial charge in [0.25, 0.3) is 23.6 Å². The van der Waals surface area contributed by atoms with Gasteiger partial charge in [0.1, 0.15) is 23.0 Å². The number of carbonyl (C=O) groups is 4. The van der Waals surface area contributed by atoms with Gasteiger partial charge in [-0.25, -0.2) is 9.80 Å². The van der Waals surface area contributed by atoms with Crippen molar-refractivity contribution >= 4 is 35.0 Å². The summed E-state index contributed by atoms with van der Waals surface area (Å²) in [7, 11) is 0. The molecule has 2 heterocycles. The summed E-state index contributed by atoms with van der Waals surface area (Å²) < 4.78 is 12.9. The van der Waals surface area contributed by atoms with Crippen LogP contribution in [0.4, 0.5) is 11.4 Å². The number of nitrogens with zero attached hydrogens (tertiary/aromatic N) is 2. The highest BCUT2D eigenvalue weighted by atomic mass is 16.5. The van der Waals surface area contributed by atoms with Crippen molar-refractivity contribution < 1.29 is 28.7 Å². The summed E-state index contributed by atoms with van der Waals surface area (Å²) in [5.41, 5.74) is 6.99. The van der Waals surface area contributed by atoms with Crippen molar-refractivity contribution in [2.24, 2.45) is 0 Å². The minimum atomic E-state index is -0.373. The van der Waals surface area contributed by atoms with Gasteiger partial charge in [-0.1, -0.05) is 35.4 Å². The third-order valence-corrected chi connectivity index (χ3v) is 7.62. The maximum atomic E-state index is 12.1. The van der Waals surface area contributed by atoms with Crippen LogP contribution in [-0.2, 0) is 25.6 Å². The van der Waals surface area contributed by atoms with Crippen LogP contribution in [0.25, 0.3) is 0 Å². The van der Waals surface area contributed by atoms with Crippen LogP contribution in [0.3, 0.4) is 0 Å². The summed E-state index contributed by atoms with van der Waals surface area (Å²) in [6.45, 7) is 8.08. The Morgan fingerprint density at radius 3 is 1.16 bits per heavy atom. The summed E-state index contributed by atoms with van der Waals surface area (Å²) in [5.74, 6) is 1.08. The number of ether oxygens (including phenoxy) is 2. The van der Waals surface area contributed by atoms with Gasteiger partial charge in [0.2, 0.25) is 0 Å². The molecule has 0 saturated carbocycles. The highest BCUT2D eigenvalue weighted by molar-refractivity contribution is 6.28. The lowest BCUT2D eigenvalue weighted by atomic mass is 9.96. The van der Waals surface area contributed by atoms with Crippen LogP contribution in [-0.4, -0.2) is 23.6 Å². The van der Waals surface area contributed by atoms with Crippen LogP contribution >= 0.6 is 0 Å². The van der Waals surface area contributed by atoms with E-state index >= 15 is 0 Å². The lowest BCUT2D eigenvalue weighted by Crippen LogP contribution is -2.29. The van der Waals surface area contributed by atoms with Gasteiger partial charge in [-0.05, 0) is 98.5 Å². The molecule has 6 rings (SSSR count). The molecule has 45 heavy (non-hydrogen) atoms. The number of hydrogen-bond acceptors (Lipinski definition) is 6. The first-order chi connectivity index (χ1) is 21.6. The van der Waals surface area contributed by atoms with Crippen LogP contribution in [0.5, 0.6) is 23.0 Å². The Hall–Kier alpha value is -5.76. The van der Waals surface area contributed by atoms with Gasteiger partial charge in [-0.2, -0.15) is 0 Å². The summed E-state index contributed by atoms with van der Waals surface area (Å²) in [6, 6.07) is 22.0. The molecule has 0 atom stereocenters. The Kier molecular flexibility index (Phi) is 7.64. The Morgan fingerprint density at radius 1 is 0.489 bits per heavy atom. The Morgan fingerprint density at radius 2 is 0.822 bits per heavy atom. The molecule has 0 bridgehead atoms. The molecule has 0 fully saturated rings. The molecule has 2 aliphatic rings. The zero-order valence-electron chi connectivity index (χ0n) is 25.3. The zero-order valence-corrected chi connectivity index (χ0v) is 25.3. The number of aryl methyl sites for hydroxylation is 4. The zero-order chi connectivity index (χ0) is 31.8. The number of hydrogen-bond donors (Lipinski definition) is 0. The Bertz CT molecular complexity index is 1760.